The maximum absolute atomic E-state index is 13.8. The minimum atomic E-state index is -0.569. The van der Waals surface area contributed by atoms with Crippen LogP contribution >= 0.6 is 0 Å². The van der Waals surface area contributed by atoms with Gasteiger partial charge in [0.15, 0.2) is 5.65 Å². The fourth-order valence-electron chi connectivity index (χ4n) is 6.04. The molecule has 3 aliphatic rings. The molecule has 1 aliphatic carbocycles. The van der Waals surface area contributed by atoms with E-state index in [9.17, 15) is 9.59 Å². The molecule has 2 amide bonds. The first-order chi connectivity index (χ1) is 16.5. The number of H-pyrrole nitrogens is 1. The summed E-state index contributed by atoms with van der Waals surface area (Å²) in [4.78, 5) is 34.9. The first-order valence-electron chi connectivity index (χ1n) is 12.2. The van der Waals surface area contributed by atoms with Gasteiger partial charge in [-0.15, -0.1) is 0 Å². The van der Waals surface area contributed by atoms with Crippen molar-refractivity contribution in [1.82, 2.24) is 20.1 Å². The molecule has 0 bridgehead atoms. The van der Waals surface area contributed by atoms with Crippen molar-refractivity contribution in [3.8, 4) is 5.75 Å². The largest absolute Gasteiger partial charge is 0.489 e. The number of amides is 2. The van der Waals surface area contributed by atoms with Gasteiger partial charge in [0.25, 0.3) is 0 Å². The summed E-state index contributed by atoms with van der Waals surface area (Å²) < 4.78 is 6.24. The smallest absolute Gasteiger partial charge is 0.242 e. The summed E-state index contributed by atoms with van der Waals surface area (Å²) in [6.07, 6.45) is 8.50. The number of nitrogens with one attached hydrogen (secondary N) is 1. The predicted octanol–water partition coefficient (Wildman–Crippen LogP) is 3.57. The molecule has 1 aromatic carbocycles. The summed E-state index contributed by atoms with van der Waals surface area (Å²) in [6.45, 7) is 3.00. The van der Waals surface area contributed by atoms with Gasteiger partial charge in [0, 0.05) is 23.7 Å². The molecule has 2 fully saturated rings. The van der Waals surface area contributed by atoms with Gasteiger partial charge in [-0.3, -0.25) is 14.7 Å². The molecule has 0 unspecified atom stereocenters. The van der Waals surface area contributed by atoms with Crippen molar-refractivity contribution >= 4 is 28.5 Å². The van der Waals surface area contributed by atoms with Crippen LogP contribution in [0.5, 0.6) is 5.75 Å². The monoisotopic (exact) mass is 459 g/mol. The number of hydrogen-bond acceptors (Lipinski definition) is 5. The minimum absolute atomic E-state index is 0.0258. The van der Waals surface area contributed by atoms with Crippen LogP contribution < -0.4 is 9.64 Å². The Morgan fingerprint density at radius 3 is 2.82 bits per heavy atom. The fraction of sp³-hybridized carbons (Fsp3) is 0.462. The molecule has 3 aromatic rings. The molecule has 1 saturated carbocycles. The summed E-state index contributed by atoms with van der Waals surface area (Å²) in [5.41, 5.74) is 2.12. The number of carbonyl (C=O) groups is 2. The predicted molar refractivity (Wildman–Crippen MR) is 128 cm³/mol. The van der Waals surface area contributed by atoms with Gasteiger partial charge in [-0.25, -0.2) is 4.98 Å². The van der Waals surface area contributed by atoms with Crippen molar-refractivity contribution < 1.29 is 14.3 Å². The van der Waals surface area contributed by atoms with Gasteiger partial charge in [0.2, 0.25) is 11.8 Å². The second-order valence-corrected chi connectivity index (χ2v) is 9.87. The third-order valence-electron chi connectivity index (χ3n) is 7.89. The maximum atomic E-state index is 13.8. The Bertz CT molecular complexity index is 1250. The molecular formula is C26H29N5O3. The lowest BCUT2D eigenvalue weighted by atomic mass is 9.69. The number of carbonyl (C=O) groups excluding carboxylic acids is 2. The van der Waals surface area contributed by atoms with Gasteiger partial charge in [0.05, 0.1) is 23.9 Å². The van der Waals surface area contributed by atoms with Gasteiger partial charge in [-0.2, -0.15) is 5.10 Å². The van der Waals surface area contributed by atoms with E-state index in [1.807, 2.05) is 29.2 Å². The lowest BCUT2D eigenvalue weighted by Crippen LogP contribution is -2.48. The number of aromatic nitrogens is 3. The van der Waals surface area contributed by atoms with Crippen molar-refractivity contribution in [2.24, 2.45) is 0 Å². The Kier molecular flexibility index (Phi) is 5.04. The van der Waals surface area contributed by atoms with Gasteiger partial charge < -0.3 is 14.5 Å². The molecule has 34 heavy (non-hydrogen) atoms. The molecular weight excluding hydrogens is 430 g/mol. The fourth-order valence-corrected chi connectivity index (χ4v) is 6.04. The van der Waals surface area contributed by atoms with Gasteiger partial charge in [0.1, 0.15) is 12.3 Å². The summed E-state index contributed by atoms with van der Waals surface area (Å²) >= 11 is 0. The molecule has 1 atom stereocenters. The van der Waals surface area contributed by atoms with E-state index >= 15 is 0 Å². The standard InChI is InChI=1S/C26H29N5O3/c1-17-5-4-12-30(17)23(32)16-31-22-7-3-2-6-21(22)26(25(31)33)10-8-19(9-11-26)34-20-13-18-14-28-29-24(18)27-15-20/h2-3,6-7,13-15,17,19H,4-5,8-12,16H2,1H3,(H,27,28,29)/t17-,19?,26?/m1/s1. The van der Waals surface area contributed by atoms with Gasteiger partial charge in [-0.1, -0.05) is 18.2 Å². The van der Waals surface area contributed by atoms with Crippen LogP contribution in [0.15, 0.2) is 42.7 Å². The molecule has 6 rings (SSSR count). The molecule has 1 spiro atoms. The van der Waals surface area contributed by atoms with E-state index in [0.29, 0.717) is 12.8 Å². The van der Waals surface area contributed by atoms with E-state index in [0.717, 1.165) is 60.3 Å². The Morgan fingerprint density at radius 1 is 1.21 bits per heavy atom. The van der Waals surface area contributed by atoms with Crippen molar-refractivity contribution in [2.75, 3.05) is 18.0 Å². The van der Waals surface area contributed by atoms with E-state index < -0.39 is 5.41 Å². The number of rotatable bonds is 4. The number of pyridine rings is 1. The second-order valence-electron chi connectivity index (χ2n) is 9.87. The zero-order valence-corrected chi connectivity index (χ0v) is 19.4. The van der Waals surface area contributed by atoms with E-state index in [4.69, 9.17) is 4.74 Å². The first-order valence-corrected chi connectivity index (χ1v) is 12.2. The van der Waals surface area contributed by atoms with Crippen LogP contribution in [0.3, 0.4) is 0 Å². The van der Waals surface area contributed by atoms with Gasteiger partial charge >= 0.3 is 0 Å². The highest BCUT2D eigenvalue weighted by molar-refractivity contribution is 6.10. The molecule has 4 heterocycles. The number of aromatic amines is 1. The zero-order chi connectivity index (χ0) is 23.3. The average molecular weight is 460 g/mol. The Hall–Kier alpha value is -3.42. The lowest BCUT2D eigenvalue weighted by Gasteiger charge is -2.36. The van der Waals surface area contributed by atoms with E-state index in [1.54, 1.807) is 17.3 Å². The second kappa shape index (κ2) is 8.11. The van der Waals surface area contributed by atoms with Crippen molar-refractivity contribution in [3.05, 3.63) is 48.3 Å². The van der Waals surface area contributed by atoms with Crippen LogP contribution in [-0.4, -0.2) is 57.1 Å². The maximum Gasteiger partial charge on any atom is 0.242 e. The number of fused-ring (bicyclic) bond motifs is 3. The van der Waals surface area contributed by atoms with E-state index in [2.05, 4.69) is 28.2 Å². The van der Waals surface area contributed by atoms with Crippen molar-refractivity contribution in [1.29, 1.82) is 0 Å². The first kappa shape index (κ1) is 21.1. The van der Waals surface area contributed by atoms with Crippen LogP contribution in [-0.2, 0) is 15.0 Å². The molecule has 176 valence electrons. The van der Waals surface area contributed by atoms with E-state index in [-0.39, 0.29) is 30.5 Å². The molecule has 8 nitrogen and oxygen atoms in total. The summed E-state index contributed by atoms with van der Waals surface area (Å²) in [7, 11) is 0. The van der Waals surface area contributed by atoms with Crippen molar-refractivity contribution in [3.63, 3.8) is 0 Å². The number of nitrogens with zero attached hydrogens (tertiary/aromatic N) is 4. The van der Waals surface area contributed by atoms with Gasteiger partial charge in [-0.05, 0) is 63.1 Å². The SMILES string of the molecule is C[C@@H]1CCCN1C(=O)CN1C(=O)C2(CCC(Oc3cnc4[nH]ncc4c3)CC2)c2ccccc21. The van der Waals surface area contributed by atoms with Crippen LogP contribution in [0, 0.1) is 0 Å². The number of para-hydroxylation sites is 1. The number of hydrogen-bond donors (Lipinski definition) is 1. The molecule has 1 N–H and O–H groups in total. The summed E-state index contributed by atoms with van der Waals surface area (Å²) in [5, 5.41) is 7.78. The molecule has 8 heteroatoms. The third-order valence-corrected chi connectivity index (χ3v) is 7.89. The Balaban J connectivity index is 1.19. The zero-order valence-electron chi connectivity index (χ0n) is 19.4. The number of likely N-dealkylation sites (tertiary alicyclic amines) is 1. The normalized spacial score (nSPS) is 26.4. The molecule has 0 radical (unpaired) electrons. The van der Waals surface area contributed by atoms with Crippen molar-refractivity contribution in [2.45, 2.75) is 63.0 Å². The van der Waals surface area contributed by atoms with Crippen LogP contribution in [0.2, 0.25) is 0 Å². The van der Waals surface area contributed by atoms with Crippen LogP contribution in [0.4, 0.5) is 5.69 Å². The average Bonchev–Trinajstić information content (AvgIpc) is 3.55. The Labute approximate surface area is 198 Å². The lowest BCUT2D eigenvalue weighted by molar-refractivity contribution is -0.133. The van der Waals surface area contributed by atoms with Crippen LogP contribution in [0.1, 0.15) is 51.0 Å². The minimum Gasteiger partial charge on any atom is -0.489 e. The Morgan fingerprint density at radius 2 is 2.03 bits per heavy atom. The van der Waals surface area contributed by atoms with E-state index in [1.165, 1.54) is 0 Å². The quantitative estimate of drug-likeness (QED) is 0.644. The highest BCUT2D eigenvalue weighted by atomic mass is 16.5. The number of benzene rings is 1. The summed E-state index contributed by atoms with van der Waals surface area (Å²) in [5.74, 6) is 0.832. The molecule has 1 saturated heterocycles. The highest BCUT2D eigenvalue weighted by Crippen LogP contribution is 2.50. The highest BCUT2D eigenvalue weighted by Gasteiger charge is 2.52. The number of anilines is 1. The molecule has 2 aromatic heterocycles. The molecule has 2 aliphatic heterocycles. The summed E-state index contributed by atoms with van der Waals surface area (Å²) in [6, 6.07) is 10.2. The third kappa shape index (κ3) is 3.35. The van der Waals surface area contributed by atoms with Crippen LogP contribution in [0.25, 0.3) is 11.0 Å². The topological polar surface area (TPSA) is 91.4 Å². The number of ether oxygens (including phenoxy) is 1.